The van der Waals surface area contributed by atoms with Crippen molar-refractivity contribution >= 4 is 12.1 Å². The summed E-state index contributed by atoms with van der Waals surface area (Å²) in [6, 6.07) is 15.1. The summed E-state index contributed by atoms with van der Waals surface area (Å²) in [6.07, 6.45) is 1.53. The van der Waals surface area contributed by atoms with Gasteiger partial charge in [-0.3, -0.25) is 14.5 Å². The molecule has 0 aliphatic carbocycles. The highest BCUT2D eigenvalue weighted by atomic mass is 16.2. The highest BCUT2D eigenvalue weighted by Crippen LogP contribution is 2.09. The number of pyridine rings is 1. The minimum Gasteiger partial charge on any atom is -0.267 e. The third-order valence-corrected chi connectivity index (χ3v) is 3.92. The number of aryl methyl sites for hydroxylation is 3. The summed E-state index contributed by atoms with van der Waals surface area (Å²) in [6.45, 7) is 6.59. The second kappa shape index (κ2) is 7.74. The Kier molecular flexibility index (Phi) is 5.22. The van der Waals surface area contributed by atoms with Gasteiger partial charge in [-0.25, -0.2) is 5.43 Å². The molecule has 0 fully saturated rings. The van der Waals surface area contributed by atoms with Crippen molar-refractivity contribution < 1.29 is 4.79 Å². The minimum atomic E-state index is -0.258. The van der Waals surface area contributed by atoms with Crippen molar-refractivity contribution in [2.45, 2.75) is 27.3 Å². The number of hydrogen-bond acceptors (Lipinski definition) is 4. The first-order chi connectivity index (χ1) is 12.5. The van der Waals surface area contributed by atoms with Crippen molar-refractivity contribution in [1.82, 2.24) is 20.2 Å². The molecule has 0 bridgehead atoms. The molecule has 0 unspecified atom stereocenters. The number of aromatic nitrogens is 3. The van der Waals surface area contributed by atoms with Crippen LogP contribution in [0.4, 0.5) is 0 Å². The smallest absolute Gasteiger partial charge is 0.267 e. The first-order valence-electron chi connectivity index (χ1n) is 8.38. The van der Waals surface area contributed by atoms with Crippen LogP contribution in [0.5, 0.6) is 0 Å². The highest BCUT2D eigenvalue weighted by Gasteiger charge is 2.06. The number of nitrogens with zero attached hydrogens (tertiary/aromatic N) is 4. The number of rotatable bonds is 5. The molecule has 3 rings (SSSR count). The van der Waals surface area contributed by atoms with E-state index >= 15 is 0 Å². The molecule has 1 N–H and O–H groups in total. The van der Waals surface area contributed by atoms with E-state index in [1.165, 1.54) is 6.21 Å². The van der Waals surface area contributed by atoms with Crippen LogP contribution >= 0.6 is 0 Å². The number of carbonyl (C=O) groups excluding carboxylic acids is 1. The first-order valence-corrected chi connectivity index (χ1v) is 8.38. The fraction of sp³-hybridized carbons (Fsp3) is 0.200. The topological polar surface area (TPSA) is 72.2 Å². The Morgan fingerprint density at radius 3 is 2.54 bits per heavy atom. The van der Waals surface area contributed by atoms with Gasteiger partial charge in [0.2, 0.25) is 0 Å². The number of hydrogen-bond donors (Lipinski definition) is 1. The summed E-state index contributed by atoms with van der Waals surface area (Å²) in [5.74, 6) is -0.258. The third kappa shape index (κ3) is 4.42. The molecular weight excluding hydrogens is 326 g/mol. The second-order valence-electron chi connectivity index (χ2n) is 6.18. The van der Waals surface area contributed by atoms with Crippen LogP contribution in [-0.2, 0) is 6.54 Å². The van der Waals surface area contributed by atoms with Gasteiger partial charge in [0.25, 0.3) is 5.91 Å². The molecule has 0 spiro atoms. The van der Waals surface area contributed by atoms with Crippen LogP contribution in [0.25, 0.3) is 0 Å². The van der Waals surface area contributed by atoms with Crippen molar-refractivity contribution in [2.75, 3.05) is 0 Å². The molecule has 6 heteroatoms. The SMILES string of the molecule is Cc1cccc(/C=N\NC(=O)c2ccc(Cn3nc(C)cc3C)cc2)n1. The molecule has 0 saturated heterocycles. The molecular formula is C20H21N5O. The molecule has 132 valence electrons. The molecule has 0 radical (unpaired) electrons. The van der Waals surface area contributed by atoms with E-state index in [-0.39, 0.29) is 5.91 Å². The molecule has 6 nitrogen and oxygen atoms in total. The van der Waals surface area contributed by atoms with Gasteiger partial charge in [-0.05, 0) is 56.7 Å². The van der Waals surface area contributed by atoms with E-state index < -0.39 is 0 Å². The van der Waals surface area contributed by atoms with Gasteiger partial charge in [0, 0.05) is 17.0 Å². The monoisotopic (exact) mass is 347 g/mol. The van der Waals surface area contributed by atoms with Gasteiger partial charge in [-0.2, -0.15) is 10.2 Å². The van der Waals surface area contributed by atoms with Crippen LogP contribution in [0, 0.1) is 20.8 Å². The molecule has 0 aliphatic rings. The predicted octanol–water partition coefficient (Wildman–Crippen LogP) is 3.02. The molecule has 0 atom stereocenters. The summed E-state index contributed by atoms with van der Waals surface area (Å²) in [4.78, 5) is 16.5. The second-order valence-corrected chi connectivity index (χ2v) is 6.18. The predicted molar refractivity (Wildman–Crippen MR) is 101 cm³/mol. The van der Waals surface area contributed by atoms with Crippen molar-refractivity contribution in [2.24, 2.45) is 5.10 Å². The van der Waals surface area contributed by atoms with E-state index in [2.05, 4.69) is 20.6 Å². The third-order valence-electron chi connectivity index (χ3n) is 3.92. The molecule has 2 heterocycles. The molecule has 1 amide bonds. The van der Waals surface area contributed by atoms with Crippen molar-refractivity contribution in [3.05, 3.63) is 82.4 Å². The lowest BCUT2D eigenvalue weighted by atomic mass is 10.1. The van der Waals surface area contributed by atoms with E-state index in [0.29, 0.717) is 17.8 Å². The summed E-state index contributed by atoms with van der Waals surface area (Å²) in [5, 5.41) is 8.41. The van der Waals surface area contributed by atoms with E-state index in [1.807, 2.05) is 61.9 Å². The van der Waals surface area contributed by atoms with Gasteiger partial charge in [0.15, 0.2) is 0 Å². The Labute approximate surface area is 152 Å². The quantitative estimate of drug-likeness (QED) is 0.570. The van der Waals surface area contributed by atoms with Crippen LogP contribution in [0.15, 0.2) is 53.6 Å². The minimum absolute atomic E-state index is 0.258. The zero-order chi connectivity index (χ0) is 18.5. The van der Waals surface area contributed by atoms with E-state index in [9.17, 15) is 4.79 Å². The Hall–Kier alpha value is -3.28. The maximum atomic E-state index is 12.2. The zero-order valence-corrected chi connectivity index (χ0v) is 15.1. The molecule has 0 aliphatic heterocycles. The average molecular weight is 347 g/mol. The van der Waals surface area contributed by atoms with Crippen LogP contribution in [0.1, 0.15) is 38.7 Å². The number of amides is 1. The van der Waals surface area contributed by atoms with Gasteiger partial charge >= 0.3 is 0 Å². The van der Waals surface area contributed by atoms with Crippen LogP contribution in [0.3, 0.4) is 0 Å². The molecule has 26 heavy (non-hydrogen) atoms. The van der Waals surface area contributed by atoms with E-state index in [4.69, 9.17) is 0 Å². The maximum Gasteiger partial charge on any atom is 0.271 e. The van der Waals surface area contributed by atoms with Crippen molar-refractivity contribution in [1.29, 1.82) is 0 Å². The normalized spacial score (nSPS) is 11.0. The standard InChI is InChI=1S/C20H21N5O/c1-14-5-4-6-19(22-14)12-21-23-20(26)18-9-7-17(8-10-18)13-25-16(3)11-15(2)24-25/h4-12H,13H2,1-3H3,(H,23,26)/b21-12-. The maximum absolute atomic E-state index is 12.2. The number of benzene rings is 1. The lowest BCUT2D eigenvalue weighted by Crippen LogP contribution is -2.17. The van der Waals surface area contributed by atoms with Gasteiger partial charge in [0.05, 0.1) is 24.1 Å². The molecule has 1 aromatic carbocycles. The lowest BCUT2D eigenvalue weighted by Gasteiger charge is -2.06. The largest absolute Gasteiger partial charge is 0.271 e. The molecule has 3 aromatic rings. The Morgan fingerprint density at radius 1 is 1.12 bits per heavy atom. The van der Waals surface area contributed by atoms with E-state index in [0.717, 1.165) is 22.6 Å². The highest BCUT2D eigenvalue weighted by molar-refractivity contribution is 5.94. The number of carbonyl (C=O) groups is 1. The van der Waals surface area contributed by atoms with Gasteiger partial charge < -0.3 is 0 Å². The summed E-state index contributed by atoms with van der Waals surface area (Å²) >= 11 is 0. The van der Waals surface area contributed by atoms with Crippen LogP contribution in [0.2, 0.25) is 0 Å². The summed E-state index contributed by atoms with van der Waals surface area (Å²) < 4.78 is 1.95. The Morgan fingerprint density at radius 2 is 1.88 bits per heavy atom. The van der Waals surface area contributed by atoms with Crippen LogP contribution < -0.4 is 5.43 Å². The van der Waals surface area contributed by atoms with Gasteiger partial charge in [-0.1, -0.05) is 18.2 Å². The number of nitrogens with one attached hydrogen (secondary N) is 1. The van der Waals surface area contributed by atoms with Crippen molar-refractivity contribution in [3.63, 3.8) is 0 Å². The van der Waals surface area contributed by atoms with Crippen LogP contribution in [-0.4, -0.2) is 26.9 Å². The fourth-order valence-electron chi connectivity index (χ4n) is 2.63. The first kappa shape index (κ1) is 17.5. The lowest BCUT2D eigenvalue weighted by molar-refractivity contribution is 0.0955. The fourth-order valence-corrected chi connectivity index (χ4v) is 2.63. The van der Waals surface area contributed by atoms with Gasteiger partial charge in [-0.15, -0.1) is 0 Å². The molecule has 2 aromatic heterocycles. The van der Waals surface area contributed by atoms with Crippen molar-refractivity contribution in [3.8, 4) is 0 Å². The Balaban J connectivity index is 1.61. The zero-order valence-electron chi connectivity index (χ0n) is 15.1. The number of hydrazone groups is 1. The van der Waals surface area contributed by atoms with E-state index in [1.54, 1.807) is 12.1 Å². The summed E-state index contributed by atoms with van der Waals surface area (Å²) in [7, 11) is 0. The Bertz CT molecular complexity index is 941. The molecule has 0 saturated carbocycles. The van der Waals surface area contributed by atoms with Gasteiger partial charge in [0.1, 0.15) is 0 Å². The average Bonchev–Trinajstić information content (AvgIpc) is 2.93. The summed E-state index contributed by atoms with van der Waals surface area (Å²) in [5.41, 5.74) is 7.87.